The molecular formula is C20H22N2O2. The zero-order valence-corrected chi connectivity index (χ0v) is 14.0. The van der Waals surface area contributed by atoms with Gasteiger partial charge in [-0.3, -0.25) is 4.79 Å². The van der Waals surface area contributed by atoms with Crippen LogP contribution in [-0.4, -0.2) is 32.7 Å². The fraction of sp³-hybridized carbons (Fsp3) is 0.350. The van der Waals surface area contributed by atoms with Crippen LogP contribution in [0.3, 0.4) is 0 Å². The van der Waals surface area contributed by atoms with Crippen molar-refractivity contribution < 1.29 is 9.53 Å². The van der Waals surface area contributed by atoms with E-state index in [9.17, 15) is 4.79 Å². The van der Waals surface area contributed by atoms with Crippen LogP contribution in [0.1, 0.15) is 28.8 Å². The van der Waals surface area contributed by atoms with Gasteiger partial charge in [-0.2, -0.15) is 0 Å². The highest BCUT2D eigenvalue weighted by Crippen LogP contribution is 2.33. The second-order valence-corrected chi connectivity index (χ2v) is 6.44. The Balaban J connectivity index is 1.57. The molecule has 1 fully saturated rings. The second-order valence-electron chi connectivity index (χ2n) is 6.44. The fourth-order valence-corrected chi connectivity index (χ4v) is 3.66. The molecule has 4 rings (SSSR count). The number of carbonyl (C=O) groups excluding carboxylic acids is 1. The van der Waals surface area contributed by atoms with Gasteiger partial charge in [0.15, 0.2) is 0 Å². The molecule has 1 saturated heterocycles. The van der Waals surface area contributed by atoms with Crippen LogP contribution in [0.4, 0.5) is 11.4 Å². The van der Waals surface area contributed by atoms with Crippen LogP contribution in [0.5, 0.6) is 5.75 Å². The van der Waals surface area contributed by atoms with Crippen LogP contribution in [0.15, 0.2) is 42.5 Å². The molecule has 2 heterocycles. The van der Waals surface area contributed by atoms with Gasteiger partial charge in [0, 0.05) is 36.6 Å². The molecule has 0 aliphatic carbocycles. The number of amides is 1. The van der Waals surface area contributed by atoms with Gasteiger partial charge in [0.25, 0.3) is 5.91 Å². The molecule has 4 nitrogen and oxygen atoms in total. The minimum absolute atomic E-state index is 0.0605. The van der Waals surface area contributed by atoms with Crippen LogP contribution in [0, 0.1) is 0 Å². The molecule has 0 unspecified atom stereocenters. The van der Waals surface area contributed by atoms with Crippen molar-refractivity contribution in [3.63, 3.8) is 0 Å². The number of anilines is 2. The summed E-state index contributed by atoms with van der Waals surface area (Å²) < 4.78 is 5.16. The van der Waals surface area contributed by atoms with E-state index in [2.05, 4.69) is 23.1 Å². The SMILES string of the molecule is COc1ccc(C(=O)N2CCc3cc(N4CCCC4)ccc32)cc1. The quantitative estimate of drug-likeness (QED) is 0.867. The molecule has 0 N–H and O–H groups in total. The molecule has 4 heteroatoms. The van der Waals surface area contributed by atoms with Crippen molar-refractivity contribution >= 4 is 17.3 Å². The third-order valence-electron chi connectivity index (χ3n) is 5.01. The summed E-state index contributed by atoms with van der Waals surface area (Å²) in [4.78, 5) is 17.2. The lowest BCUT2D eigenvalue weighted by atomic mass is 10.1. The monoisotopic (exact) mass is 322 g/mol. The third-order valence-corrected chi connectivity index (χ3v) is 5.01. The predicted molar refractivity (Wildman–Crippen MR) is 96.3 cm³/mol. The van der Waals surface area contributed by atoms with Crippen LogP contribution >= 0.6 is 0 Å². The van der Waals surface area contributed by atoms with Gasteiger partial charge in [-0.15, -0.1) is 0 Å². The van der Waals surface area contributed by atoms with Gasteiger partial charge in [0.2, 0.25) is 0 Å². The summed E-state index contributed by atoms with van der Waals surface area (Å²) in [7, 11) is 1.63. The molecule has 2 aromatic rings. The maximum Gasteiger partial charge on any atom is 0.258 e. The lowest BCUT2D eigenvalue weighted by Gasteiger charge is -2.21. The number of hydrogen-bond donors (Lipinski definition) is 0. The van der Waals surface area contributed by atoms with Gasteiger partial charge in [-0.1, -0.05) is 0 Å². The van der Waals surface area contributed by atoms with Crippen LogP contribution in [0.2, 0.25) is 0 Å². The van der Waals surface area contributed by atoms with Gasteiger partial charge in [-0.05, 0) is 67.3 Å². The van der Waals surface area contributed by atoms with E-state index in [1.54, 1.807) is 7.11 Å². The Labute approximate surface area is 142 Å². The lowest BCUT2D eigenvalue weighted by Crippen LogP contribution is -2.28. The number of carbonyl (C=O) groups is 1. The van der Waals surface area contributed by atoms with E-state index in [4.69, 9.17) is 4.74 Å². The van der Waals surface area contributed by atoms with Crippen molar-refractivity contribution in [3.05, 3.63) is 53.6 Å². The topological polar surface area (TPSA) is 32.8 Å². The molecular weight excluding hydrogens is 300 g/mol. The van der Waals surface area contributed by atoms with Gasteiger partial charge in [-0.25, -0.2) is 0 Å². The Morgan fingerprint density at radius 2 is 1.75 bits per heavy atom. The minimum atomic E-state index is 0.0605. The molecule has 24 heavy (non-hydrogen) atoms. The summed E-state index contributed by atoms with van der Waals surface area (Å²) in [5.74, 6) is 0.828. The van der Waals surface area contributed by atoms with Crippen molar-refractivity contribution in [2.75, 3.05) is 36.5 Å². The first-order chi connectivity index (χ1) is 11.8. The maximum absolute atomic E-state index is 12.8. The summed E-state index contributed by atoms with van der Waals surface area (Å²) in [5.41, 5.74) is 4.33. The first-order valence-electron chi connectivity index (χ1n) is 8.60. The van der Waals surface area contributed by atoms with E-state index in [-0.39, 0.29) is 5.91 Å². The van der Waals surface area contributed by atoms with Crippen molar-refractivity contribution in [2.45, 2.75) is 19.3 Å². The smallest absolute Gasteiger partial charge is 0.258 e. The largest absolute Gasteiger partial charge is 0.497 e. The Bertz CT molecular complexity index is 749. The van der Waals surface area contributed by atoms with Crippen molar-refractivity contribution in [3.8, 4) is 5.75 Å². The second kappa shape index (κ2) is 6.19. The molecule has 1 amide bonds. The minimum Gasteiger partial charge on any atom is -0.497 e. The molecule has 124 valence electrons. The molecule has 0 atom stereocenters. The highest BCUT2D eigenvalue weighted by atomic mass is 16.5. The summed E-state index contributed by atoms with van der Waals surface area (Å²) in [6, 6.07) is 13.9. The average Bonchev–Trinajstić information content (AvgIpc) is 3.30. The number of nitrogens with zero attached hydrogens (tertiary/aromatic N) is 2. The Kier molecular flexibility index (Phi) is 3.89. The van der Waals surface area contributed by atoms with Crippen LogP contribution in [-0.2, 0) is 6.42 Å². The summed E-state index contributed by atoms with van der Waals surface area (Å²) in [6.07, 6.45) is 3.48. The zero-order chi connectivity index (χ0) is 16.5. The van der Waals surface area contributed by atoms with E-state index in [0.717, 1.165) is 37.5 Å². The van der Waals surface area contributed by atoms with Gasteiger partial charge >= 0.3 is 0 Å². The van der Waals surface area contributed by atoms with E-state index in [1.807, 2.05) is 29.2 Å². The first kappa shape index (κ1) is 15.1. The van der Waals surface area contributed by atoms with E-state index in [0.29, 0.717) is 5.56 Å². The number of ether oxygens (including phenoxy) is 1. The highest BCUT2D eigenvalue weighted by Gasteiger charge is 2.26. The molecule has 0 radical (unpaired) electrons. The first-order valence-corrected chi connectivity index (χ1v) is 8.60. The normalized spacial score (nSPS) is 16.4. The molecule has 2 aromatic carbocycles. The molecule has 2 aliphatic heterocycles. The van der Waals surface area contributed by atoms with Crippen molar-refractivity contribution in [1.82, 2.24) is 0 Å². The summed E-state index contributed by atoms with van der Waals surface area (Å²) >= 11 is 0. The Morgan fingerprint density at radius 1 is 1.00 bits per heavy atom. The van der Waals surface area contributed by atoms with E-state index in [1.165, 1.54) is 24.1 Å². The highest BCUT2D eigenvalue weighted by molar-refractivity contribution is 6.07. The van der Waals surface area contributed by atoms with E-state index < -0.39 is 0 Å². The number of hydrogen-bond acceptors (Lipinski definition) is 3. The van der Waals surface area contributed by atoms with E-state index >= 15 is 0 Å². The fourth-order valence-electron chi connectivity index (χ4n) is 3.66. The van der Waals surface area contributed by atoms with Crippen LogP contribution < -0.4 is 14.5 Å². The Morgan fingerprint density at radius 3 is 2.46 bits per heavy atom. The van der Waals surface area contributed by atoms with Crippen molar-refractivity contribution in [2.24, 2.45) is 0 Å². The summed E-state index contributed by atoms with van der Waals surface area (Å²) in [6.45, 7) is 3.05. The molecule has 2 aliphatic rings. The van der Waals surface area contributed by atoms with Gasteiger partial charge < -0.3 is 14.5 Å². The average molecular weight is 322 g/mol. The standard InChI is InChI=1S/C20H22N2O2/c1-24-18-7-4-15(5-8-18)20(23)22-13-10-16-14-17(6-9-19(16)22)21-11-2-3-12-21/h4-9,14H,2-3,10-13H2,1H3. The zero-order valence-electron chi connectivity index (χ0n) is 14.0. The third kappa shape index (κ3) is 2.62. The van der Waals surface area contributed by atoms with Gasteiger partial charge in [0.1, 0.15) is 5.75 Å². The summed E-state index contributed by atoms with van der Waals surface area (Å²) in [5, 5.41) is 0. The molecule has 0 bridgehead atoms. The lowest BCUT2D eigenvalue weighted by molar-refractivity contribution is 0.0989. The predicted octanol–water partition coefficient (Wildman–Crippen LogP) is 3.50. The van der Waals surface area contributed by atoms with Crippen molar-refractivity contribution in [1.29, 1.82) is 0 Å². The molecule has 0 saturated carbocycles. The van der Waals surface area contributed by atoms with Gasteiger partial charge in [0.05, 0.1) is 7.11 Å². The number of fused-ring (bicyclic) bond motifs is 1. The molecule has 0 aromatic heterocycles. The number of rotatable bonds is 3. The maximum atomic E-state index is 12.8. The number of methoxy groups -OCH3 is 1. The van der Waals surface area contributed by atoms with Crippen LogP contribution in [0.25, 0.3) is 0 Å². The molecule has 0 spiro atoms. The number of benzene rings is 2. The Hall–Kier alpha value is -2.49.